The lowest BCUT2D eigenvalue weighted by Crippen LogP contribution is -2.43. The minimum Gasteiger partial charge on any atom is -0.344 e. The molecule has 1 aromatic heterocycles. The van der Waals surface area contributed by atoms with Crippen molar-refractivity contribution in [3.63, 3.8) is 0 Å². The zero-order valence-electron chi connectivity index (χ0n) is 12.5. The number of nitrogens with zero attached hydrogens (tertiary/aromatic N) is 3. The van der Waals surface area contributed by atoms with Gasteiger partial charge in [-0.05, 0) is 20.3 Å². The Balaban J connectivity index is 0.00000220. The summed E-state index contributed by atoms with van der Waals surface area (Å²) in [5.41, 5.74) is 6.44. The van der Waals surface area contributed by atoms with Crippen LogP contribution in [-0.2, 0) is 16.6 Å². The molecule has 0 spiro atoms. The van der Waals surface area contributed by atoms with Crippen LogP contribution in [0.4, 0.5) is 5.82 Å². The van der Waals surface area contributed by atoms with Crippen LogP contribution in [0.2, 0.25) is 0 Å². The van der Waals surface area contributed by atoms with Gasteiger partial charge in [-0.3, -0.25) is 19.2 Å². The standard InChI is InChI=1S/C13H21N5O2.ClH/c1-8(14)6-11(19)15-10-4-5-18(13(10)20)12-7-9(2)16-17(12)3;/h7-8,10H,4-6,14H2,1-3H3,(H,15,19);1H. The fraction of sp³-hybridized carbons (Fsp3) is 0.615. The Hall–Kier alpha value is -1.60. The first kappa shape index (κ1) is 17.5. The van der Waals surface area contributed by atoms with Crippen LogP contribution in [-0.4, -0.2) is 40.2 Å². The van der Waals surface area contributed by atoms with E-state index in [0.717, 1.165) is 11.5 Å². The third-order valence-corrected chi connectivity index (χ3v) is 3.30. The largest absolute Gasteiger partial charge is 0.344 e. The van der Waals surface area contributed by atoms with Crippen molar-refractivity contribution in [2.75, 3.05) is 11.4 Å². The van der Waals surface area contributed by atoms with E-state index in [1.54, 1.807) is 23.6 Å². The van der Waals surface area contributed by atoms with Crippen molar-refractivity contribution in [2.24, 2.45) is 12.8 Å². The van der Waals surface area contributed by atoms with Crippen LogP contribution >= 0.6 is 12.4 Å². The number of aromatic nitrogens is 2. The molecule has 2 atom stereocenters. The normalized spacial score (nSPS) is 19.3. The van der Waals surface area contributed by atoms with Gasteiger partial charge in [0.25, 0.3) is 5.91 Å². The lowest BCUT2D eigenvalue weighted by atomic mass is 10.2. The number of halogens is 1. The summed E-state index contributed by atoms with van der Waals surface area (Å²) in [4.78, 5) is 25.7. The maximum Gasteiger partial charge on any atom is 0.250 e. The molecule has 1 aliphatic rings. The van der Waals surface area contributed by atoms with E-state index in [0.29, 0.717) is 13.0 Å². The molecule has 3 N–H and O–H groups in total. The number of rotatable bonds is 4. The highest BCUT2D eigenvalue weighted by molar-refractivity contribution is 6.00. The summed E-state index contributed by atoms with van der Waals surface area (Å²) < 4.78 is 1.68. The van der Waals surface area contributed by atoms with E-state index < -0.39 is 6.04 Å². The van der Waals surface area contributed by atoms with Crippen molar-refractivity contribution in [2.45, 2.75) is 38.8 Å². The number of carbonyl (C=O) groups excluding carboxylic acids is 2. The molecule has 1 aliphatic heterocycles. The molecule has 0 aromatic carbocycles. The van der Waals surface area contributed by atoms with Gasteiger partial charge in [0.15, 0.2) is 0 Å². The van der Waals surface area contributed by atoms with Crippen molar-refractivity contribution >= 4 is 30.0 Å². The summed E-state index contributed by atoms with van der Waals surface area (Å²) in [7, 11) is 1.80. The predicted molar refractivity (Wildman–Crippen MR) is 82.4 cm³/mol. The second kappa shape index (κ2) is 6.91. The van der Waals surface area contributed by atoms with E-state index in [9.17, 15) is 9.59 Å². The monoisotopic (exact) mass is 315 g/mol. The Morgan fingerprint density at radius 1 is 1.62 bits per heavy atom. The molecule has 0 bridgehead atoms. The maximum absolute atomic E-state index is 12.3. The number of anilines is 1. The number of hydrogen-bond donors (Lipinski definition) is 2. The van der Waals surface area contributed by atoms with Crippen LogP contribution in [0.3, 0.4) is 0 Å². The van der Waals surface area contributed by atoms with Gasteiger partial charge >= 0.3 is 0 Å². The summed E-state index contributed by atoms with van der Waals surface area (Å²) in [6, 6.07) is 1.20. The first-order valence-corrected chi connectivity index (χ1v) is 6.75. The smallest absolute Gasteiger partial charge is 0.250 e. The molecule has 2 rings (SSSR count). The molecule has 2 heterocycles. The van der Waals surface area contributed by atoms with Crippen molar-refractivity contribution in [3.8, 4) is 0 Å². The second-order valence-electron chi connectivity index (χ2n) is 5.35. The first-order chi connectivity index (χ1) is 9.38. The third kappa shape index (κ3) is 3.95. The van der Waals surface area contributed by atoms with E-state index in [1.807, 2.05) is 13.0 Å². The molecule has 118 valence electrons. The highest BCUT2D eigenvalue weighted by atomic mass is 35.5. The molecule has 0 saturated carbocycles. The van der Waals surface area contributed by atoms with Crippen LogP contribution in [0.1, 0.15) is 25.5 Å². The van der Waals surface area contributed by atoms with Gasteiger partial charge in [-0.25, -0.2) is 0 Å². The molecule has 8 heteroatoms. The number of carbonyl (C=O) groups is 2. The lowest BCUT2D eigenvalue weighted by molar-refractivity contribution is -0.126. The summed E-state index contributed by atoms with van der Waals surface area (Å²) >= 11 is 0. The average molecular weight is 316 g/mol. The molecule has 21 heavy (non-hydrogen) atoms. The summed E-state index contributed by atoms with van der Waals surface area (Å²) in [6.07, 6.45) is 0.836. The first-order valence-electron chi connectivity index (χ1n) is 6.75. The summed E-state index contributed by atoms with van der Waals surface area (Å²) in [5.74, 6) is 0.490. The molecule has 2 unspecified atom stereocenters. The van der Waals surface area contributed by atoms with Gasteiger partial charge in [0.1, 0.15) is 11.9 Å². The number of hydrogen-bond acceptors (Lipinski definition) is 4. The fourth-order valence-corrected chi connectivity index (χ4v) is 2.44. The maximum atomic E-state index is 12.3. The van der Waals surface area contributed by atoms with E-state index in [2.05, 4.69) is 10.4 Å². The van der Waals surface area contributed by atoms with Crippen molar-refractivity contribution in [1.82, 2.24) is 15.1 Å². The van der Waals surface area contributed by atoms with Gasteiger partial charge in [-0.15, -0.1) is 12.4 Å². The van der Waals surface area contributed by atoms with Crippen LogP contribution in [0, 0.1) is 6.92 Å². The SMILES string of the molecule is Cc1cc(N2CCC(NC(=O)CC(C)N)C2=O)n(C)n1.Cl. The van der Waals surface area contributed by atoms with Crippen LogP contribution in [0.15, 0.2) is 6.07 Å². The zero-order valence-corrected chi connectivity index (χ0v) is 13.3. The molecular weight excluding hydrogens is 294 g/mol. The predicted octanol–water partition coefficient (Wildman–Crippen LogP) is 0.109. The van der Waals surface area contributed by atoms with Crippen LogP contribution in [0.25, 0.3) is 0 Å². The Morgan fingerprint density at radius 2 is 2.29 bits per heavy atom. The molecule has 0 radical (unpaired) electrons. The second-order valence-corrected chi connectivity index (χ2v) is 5.35. The number of aryl methyl sites for hydroxylation is 2. The molecule has 2 amide bonds. The fourth-order valence-electron chi connectivity index (χ4n) is 2.44. The molecule has 1 saturated heterocycles. The van der Waals surface area contributed by atoms with E-state index in [-0.39, 0.29) is 36.7 Å². The van der Waals surface area contributed by atoms with Crippen molar-refractivity contribution in [1.29, 1.82) is 0 Å². The highest BCUT2D eigenvalue weighted by Gasteiger charge is 2.34. The van der Waals surface area contributed by atoms with Crippen molar-refractivity contribution in [3.05, 3.63) is 11.8 Å². The van der Waals surface area contributed by atoms with Gasteiger partial charge in [-0.2, -0.15) is 5.10 Å². The van der Waals surface area contributed by atoms with Gasteiger partial charge in [0.2, 0.25) is 5.91 Å². The Kier molecular flexibility index (Phi) is 5.74. The summed E-state index contributed by atoms with van der Waals surface area (Å²) in [6.45, 7) is 4.23. The molecule has 1 aromatic rings. The third-order valence-electron chi connectivity index (χ3n) is 3.30. The van der Waals surface area contributed by atoms with Crippen LogP contribution in [0.5, 0.6) is 0 Å². The van der Waals surface area contributed by atoms with Gasteiger partial charge in [0.05, 0.1) is 5.69 Å². The average Bonchev–Trinajstić information content (AvgIpc) is 2.82. The Bertz CT molecular complexity index is 529. The number of amides is 2. The molecule has 1 fully saturated rings. The lowest BCUT2D eigenvalue weighted by Gasteiger charge is -2.17. The minimum absolute atomic E-state index is 0. The van der Waals surface area contributed by atoms with Gasteiger partial charge < -0.3 is 11.1 Å². The Morgan fingerprint density at radius 3 is 2.81 bits per heavy atom. The van der Waals surface area contributed by atoms with E-state index >= 15 is 0 Å². The number of nitrogens with one attached hydrogen (secondary N) is 1. The molecule has 0 aliphatic carbocycles. The van der Waals surface area contributed by atoms with Crippen molar-refractivity contribution < 1.29 is 9.59 Å². The minimum atomic E-state index is -0.462. The molecule has 7 nitrogen and oxygen atoms in total. The Labute approximate surface area is 130 Å². The molecular formula is C13H22ClN5O2. The summed E-state index contributed by atoms with van der Waals surface area (Å²) in [5, 5.41) is 6.98. The van der Waals surface area contributed by atoms with Gasteiger partial charge in [-0.1, -0.05) is 0 Å². The van der Waals surface area contributed by atoms with Crippen LogP contribution < -0.4 is 16.0 Å². The topological polar surface area (TPSA) is 93.3 Å². The quantitative estimate of drug-likeness (QED) is 0.824. The van der Waals surface area contributed by atoms with Gasteiger partial charge in [0, 0.05) is 32.1 Å². The highest BCUT2D eigenvalue weighted by Crippen LogP contribution is 2.21. The zero-order chi connectivity index (χ0) is 14.9. The van der Waals surface area contributed by atoms with E-state index in [1.165, 1.54) is 0 Å². The number of nitrogens with two attached hydrogens (primary N) is 1. The van der Waals surface area contributed by atoms with E-state index in [4.69, 9.17) is 5.73 Å².